The maximum Gasteiger partial charge on any atom is 0.255 e. The molecule has 5 rings (SSSR count). The third kappa shape index (κ3) is 6.26. The quantitative estimate of drug-likeness (QED) is 0.497. The van der Waals surface area contributed by atoms with Crippen LogP contribution in [-0.2, 0) is 0 Å². The van der Waals surface area contributed by atoms with Crippen molar-refractivity contribution in [2.45, 2.75) is 6.42 Å². The normalized spacial score (nSPS) is 15.8. The fourth-order valence-electron chi connectivity index (χ4n) is 5.15. The molecule has 0 spiro atoms. The largest absolute Gasteiger partial charge is 0.497 e. The Kier molecular flexibility index (Phi) is 8.61. The molecule has 3 amide bonds. The van der Waals surface area contributed by atoms with Crippen LogP contribution in [0.2, 0.25) is 0 Å². The first-order valence-corrected chi connectivity index (χ1v) is 13.7. The van der Waals surface area contributed by atoms with Crippen LogP contribution in [0.3, 0.4) is 0 Å². The van der Waals surface area contributed by atoms with Gasteiger partial charge in [-0.2, -0.15) is 0 Å². The molecule has 3 aromatic carbocycles. The van der Waals surface area contributed by atoms with Gasteiger partial charge in [0.15, 0.2) is 0 Å². The Morgan fingerprint density at radius 2 is 1.43 bits per heavy atom. The van der Waals surface area contributed by atoms with Crippen LogP contribution in [0.4, 0.5) is 11.4 Å². The molecule has 3 aromatic rings. The molecule has 2 aliphatic heterocycles. The number of piperazine rings is 1. The fourth-order valence-corrected chi connectivity index (χ4v) is 5.15. The van der Waals surface area contributed by atoms with E-state index in [-0.39, 0.29) is 17.7 Å². The summed E-state index contributed by atoms with van der Waals surface area (Å²) in [6, 6.07) is 21.7. The molecule has 0 unspecified atom stereocenters. The smallest absolute Gasteiger partial charge is 0.255 e. The average Bonchev–Trinajstić information content (AvgIpc) is 3.31. The Labute approximate surface area is 234 Å². The first-order chi connectivity index (χ1) is 19.5. The molecule has 0 radical (unpaired) electrons. The van der Waals surface area contributed by atoms with Crippen molar-refractivity contribution in [3.63, 3.8) is 0 Å². The van der Waals surface area contributed by atoms with Crippen molar-refractivity contribution in [1.82, 2.24) is 15.1 Å². The summed E-state index contributed by atoms with van der Waals surface area (Å²) in [7, 11) is 1.58. The van der Waals surface area contributed by atoms with Crippen molar-refractivity contribution in [1.29, 1.82) is 0 Å². The lowest BCUT2D eigenvalue weighted by atomic mass is 10.1. The van der Waals surface area contributed by atoms with Crippen molar-refractivity contribution < 1.29 is 19.1 Å². The minimum atomic E-state index is -0.239. The molecule has 0 atom stereocenters. The molecule has 2 N–H and O–H groups in total. The first-order valence-electron chi connectivity index (χ1n) is 13.7. The molecule has 40 heavy (non-hydrogen) atoms. The summed E-state index contributed by atoms with van der Waals surface area (Å²) in [5, 5.41) is 6.38. The SMILES string of the molecule is COc1cccc(C(=O)N2CCN(c3ccc(C(=O)N4CCCNCC4)cc3NC(=O)c3ccccc3)CC2)c1. The number of nitrogens with one attached hydrogen (secondary N) is 2. The van der Waals surface area contributed by atoms with Gasteiger partial charge in [-0.25, -0.2) is 0 Å². The Morgan fingerprint density at radius 1 is 0.725 bits per heavy atom. The molecule has 208 valence electrons. The molecule has 2 aliphatic rings. The van der Waals surface area contributed by atoms with Crippen LogP contribution >= 0.6 is 0 Å². The summed E-state index contributed by atoms with van der Waals surface area (Å²) in [5.74, 6) is 0.329. The maximum absolute atomic E-state index is 13.4. The molecule has 0 aromatic heterocycles. The standard InChI is InChI=1S/C31H35N5O4/c1-40-26-10-5-9-24(21-26)30(38)36-19-17-34(18-20-36)28-12-11-25(31(39)35-15-6-13-32-14-16-35)22-27(28)33-29(37)23-7-3-2-4-8-23/h2-5,7-12,21-22,32H,6,13-20H2,1H3,(H,33,37). The third-order valence-corrected chi connectivity index (χ3v) is 7.38. The lowest BCUT2D eigenvalue weighted by Gasteiger charge is -2.37. The van der Waals surface area contributed by atoms with E-state index >= 15 is 0 Å². The summed E-state index contributed by atoms with van der Waals surface area (Å²) in [6.07, 6.45) is 0.903. The topological polar surface area (TPSA) is 94.2 Å². The summed E-state index contributed by atoms with van der Waals surface area (Å²) >= 11 is 0. The molecule has 2 saturated heterocycles. The maximum atomic E-state index is 13.4. The molecule has 0 aliphatic carbocycles. The van der Waals surface area contributed by atoms with Crippen LogP contribution in [0.5, 0.6) is 5.75 Å². The highest BCUT2D eigenvalue weighted by atomic mass is 16.5. The van der Waals surface area contributed by atoms with Gasteiger partial charge in [0.1, 0.15) is 5.75 Å². The summed E-state index contributed by atoms with van der Waals surface area (Å²) in [5.41, 5.74) is 3.08. The number of ether oxygens (including phenoxy) is 1. The van der Waals surface area contributed by atoms with Gasteiger partial charge in [-0.3, -0.25) is 14.4 Å². The first kappa shape index (κ1) is 27.2. The van der Waals surface area contributed by atoms with E-state index in [1.54, 1.807) is 37.4 Å². The summed E-state index contributed by atoms with van der Waals surface area (Å²) in [6.45, 7) is 5.25. The summed E-state index contributed by atoms with van der Waals surface area (Å²) in [4.78, 5) is 45.5. The molecule has 9 nitrogen and oxygen atoms in total. The highest BCUT2D eigenvalue weighted by Gasteiger charge is 2.26. The van der Waals surface area contributed by atoms with Crippen LogP contribution in [0.1, 0.15) is 37.5 Å². The van der Waals surface area contributed by atoms with Crippen LogP contribution in [0, 0.1) is 0 Å². The average molecular weight is 542 g/mol. The van der Waals surface area contributed by atoms with Crippen molar-refractivity contribution in [2.75, 3.05) is 69.7 Å². The van der Waals surface area contributed by atoms with E-state index in [0.29, 0.717) is 67.4 Å². The van der Waals surface area contributed by atoms with Gasteiger partial charge in [0.2, 0.25) is 0 Å². The van der Waals surface area contributed by atoms with Crippen molar-refractivity contribution >= 4 is 29.1 Å². The minimum Gasteiger partial charge on any atom is -0.497 e. The predicted molar refractivity (Wildman–Crippen MR) is 155 cm³/mol. The Morgan fingerprint density at radius 3 is 2.17 bits per heavy atom. The van der Waals surface area contributed by atoms with E-state index in [9.17, 15) is 14.4 Å². The Balaban J connectivity index is 1.35. The van der Waals surface area contributed by atoms with Crippen LogP contribution in [0.15, 0.2) is 72.8 Å². The molecular formula is C31H35N5O4. The van der Waals surface area contributed by atoms with Crippen molar-refractivity contribution in [2.24, 2.45) is 0 Å². The van der Waals surface area contributed by atoms with Gasteiger partial charge in [0.25, 0.3) is 17.7 Å². The van der Waals surface area contributed by atoms with Gasteiger partial charge in [-0.15, -0.1) is 0 Å². The van der Waals surface area contributed by atoms with Crippen molar-refractivity contribution in [3.05, 3.63) is 89.5 Å². The second kappa shape index (κ2) is 12.7. The molecule has 2 fully saturated rings. The fraction of sp³-hybridized carbons (Fsp3) is 0.323. The zero-order chi connectivity index (χ0) is 27.9. The molecular weight excluding hydrogens is 506 g/mol. The van der Waals surface area contributed by atoms with Gasteiger partial charge >= 0.3 is 0 Å². The lowest BCUT2D eigenvalue weighted by molar-refractivity contribution is 0.0743. The zero-order valence-corrected chi connectivity index (χ0v) is 22.8. The van der Waals surface area contributed by atoms with Gasteiger partial charge in [0.05, 0.1) is 18.5 Å². The van der Waals surface area contributed by atoms with E-state index in [2.05, 4.69) is 15.5 Å². The number of rotatable bonds is 6. The van der Waals surface area contributed by atoms with E-state index in [0.717, 1.165) is 25.2 Å². The number of hydrogen-bond acceptors (Lipinski definition) is 6. The number of nitrogens with zero attached hydrogens (tertiary/aromatic N) is 3. The highest BCUT2D eigenvalue weighted by molar-refractivity contribution is 6.07. The second-order valence-corrected chi connectivity index (χ2v) is 9.96. The molecule has 0 bridgehead atoms. The van der Waals surface area contributed by atoms with Crippen LogP contribution in [-0.4, -0.2) is 87.0 Å². The van der Waals surface area contributed by atoms with E-state index in [4.69, 9.17) is 4.74 Å². The number of anilines is 2. The monoisotopic (exact) mass is 541 g/mol. The van der Waals surface area contributed by atoms with Gasteiger partial charge in [-0.1, -0.05) is 24.3 Å². The van der Waals surface area contributed by atoms with Gasteiger partial charge in [0, 0.05) is 62.5 Å². The molecule has 0 saturated carbocycles. The lowest BCUT2D eigenvalue weighted by Crippen LogP contribution is -2.49. The van der Waals surface area contributed by atoms with Crippen LogP contribution in [0.25, 0.3) is 0 Å². The predicted octanol–water partition coefficient (Wildman–Crippen LogP) is 3.35. The van der Waals surface area contributed by atoms with E-state index < -0.39 is 0 Å². The Hall–Kier alpha value is -4.37. The second-order valence-electron chi connectivity index (χ2n) is 9.96. The summed E-state index contributed by atoms with van der Waals surface area (Å²) < 4.78 is 5.27. The number of benzene rings is 3. The van der Waals surface area contributed by atoms with E-state index in [1.807, 2.05) is 52.3 Å². The Bertz CT molecular complexity index is 1350. The van der Waals surface area contributed by atoms with Gasteiger partial charge in [-0.05, 0) is 61.5 Å². The number of carbonyl (C=O) groups excluding carboxylic acids is 3. The van der Waals surface area contributed by atoms with Crippen molar-refractivity contribution in [3.8, 4) is 5.75 Å². The minimum absolute atomic E-state index is 0.0379. The third-order valence-electron chi connectivity index (χ3n) is 7.38. The zero-order valence-electron chi connectivity index (χ0n) is 22.8. The highest BCUT2D eigenvalue weighted by Crippen LogP contribution is 2.30. The molecule has 9 heteroatoms. The number of amides is 3. The number of hydrogen-bond donors (Lipinski definition) is 2. The van der Waals surface area contributed by atoms with Gasteiger partial charge < -0.3 is 30.1 Å². The van der Waals surface area contributed by atoms with Crippen LogP contribution < -0.4 is 20.3 Å². The number of methoxy groups -OCH3 is 1. The van der Waals surface area contributed by atoms with E-state index in [1.165, 1.54) is 0 Å². The number of carbonyl (C=O) groups is 3. The molecule has 2 heterocycles.